The molecule has 10 heteroatoms. The van der Waals surface area contributed by atoms with E-state index >= 15 is 0 Å². The summed E-state index contributed by atoms with van der Waals surface area (Å²) in [5, 5.41) is 15.2. The van der Waals surface area contributed by atoms with Crippen LogP contribution in [-0.2, 0) is 12.8 Å². The minimum atomic E-state index is -4.64. The SMILES string of the molecule is C=C(O)C(F)(F)F.O=C1NCCc2[nH]c(-c3ccnc(/C(Cc4ccccc4)=N\Nc4ccccc4)c3)cc21. The number of fused-ring (bicyclic) bond motifs is 1. The summed E-state index contributed by atoms with van der Waals surface area (Å²) in [5.41, 5.74) is 10.4. The first-order valence-electron chi connectivity index (χ1n) is 12.0. The largest absolute Gasteiger partial charge is 0.505 e. The summed E-state index contributed by atoms with van der Waals surface area (Å²) in [7, 11) is 0. The van der Waals surface area contributed by atoms with E-state index in [1.807, 2.05) is 66.7 Å². The number of para-hydroxylation sites is 1. The van der Waals surface area contributed by atoms with Crippen LogP contribution in [0.4, 0.5) is 18.9 Å². The van der Waals surface area contributed by atoms with Crippen LogP contribution in [0.1, 0.15) is 27.3 Å². The van der Waals surface area contributed by atoms with Gasteiger partial charge in [-0.15, -0.1) is 0 Å². The molecule has 1 aliphatic rings. The summed E-state index contributed by atoms with van der Waals surface area (Å²) < 4.78 is 32.5. The van der Waals surface area contributed by atoms with Crippen LogP contribution in [0.25, 0.3) is 11.3 Å². The van der Waals surface area contributed by atoms with Gasteiger partial charge in [-0.25, -0.2) is 0 Å². The van der Waals surface area contributed by atoms with E-state index in [9.17, 15) is 18.0 Å². The highest BCUT2D eigenvalue weighted by Gasteiger charge is 2.31. The summed E-state index contributed by atoms with van der Waals surface area (Å²) in [6, 6.07) is 26.0. The van der Waals surface area contributed by atoms with Crippen LogP contribution in [0.2, 0.25) is 0 Å². The Balaban J connectivity index is 0.000000448. The van der Waals surface area contributed by atoms with Gasteiger partial charge in [-0.2, -0.15) is 18.3 Å². The van der Waals surface area contributed by atoms with E-state index < -0.39 is 11.9 Å². The van der Waals surface area contributed by atoms with E-state index in [0.29, 0.717) is 18.5 Å². The second-order valence-corrected chi connectivity index (χ2v) is 8.65. The zero-order valence-corrected chi connectivity index (χ0v) is 20.8. The van der Waals surface area contributed by atoms with Crippen molar-refractivity contribution in [1.82, 2.24) is 15.3 Å². The fourth-order valence-corrected chi connectivity index (χ4v) is 3.83. The zero-order chi connectivity index (χ0) is 27.8. The van der Waals surface area contributed by atoms with Gasteiger partial charge in [0.15, 0.2) is 5.76 Å². The van der Waals surface area contributed by atoms with Gasteiger partial charge in [-0.05, 0) is 35.9 Å². The number of aliphatic hydroxyl groups excluding tert-OH is 1. The van der Waals surface area contributed by atoms with E-state index in [0.717, 1.165) is 46.0 Å². The molecule has 1 aliphatic heterocycles. The van der Waals surface area contributed by atoms with Gasteiger partial charge >= 0.3 is 6.18 Å². The quantitative estimate of drug-likeness (QED) is 0.138. The van der Waals surface area contributed by atoms with Crippen LogP contribution in [0, 0.1) is 0 Å². The third-order valence-electron chi connectivity index (χ3n) is 5.81. The molecule has 0 saturated heterocycles. The molecule has 0 bridgehead atoms. The van der Waals surface area contributed by atoms with Gasteiger partial charge in [0, 0.05) is 42.5 Å². The Morgan fingerprint density at radius 3 is 2.36 bits per heavy atom. The smallest absolute Gasteiger partial charge is 0.448 e. The van der Waals surface area contributed by atoms with E-state index in [2.05, 4.69) is 39.4 Å². The molecule has 4 N–H and O–H groups in total. The number of anilines is 1. The highest BCUT2D eigenvalue weighted by molar-refractivity contribution is 6.02. The van der Waals surface area contributed by atoms with Crippen molar-refractivity contribution in [3.05, 3.63) is 120 Å². The molecule has 0 unspecified atom stereocenters. The summed E-state index contributed by atoms with van der Waals surface area (Å²) in [4.78, 5) is 20.2. The summed E-state index contributed by atoms with van der Waals surface area (Å²) in [6.07, 6.45) is -1.41. The number of carbonyl (C=O) groups excluding carboxylic acids is 1. The first-order chi connectivity index (χ1) is 18.7. The lowest BCUT2D eigenvalue weighted by Gasteiger charge is -2.11. The topological polar surface area (TPSA) is 102 Å². The fourth-order valence-electron chi connectivity index (χ4n) is 3.83. The van der Waals surface area contributed by atoms with Crippen molar-refractivity contribution < 1.29 is 23.1 Å². The van der Waals surface area contributed by atoms with Crippen molar-refractivity contribution >= 4 is 17.3 Å². The van der Waals surface area contributed by atoms with Crippen molar-refractivity contribution in [2.45, 2.75) is 19.0 Å². The number of hydrogen-bond donors (Lipinski definition) is 4. The number of hydrogen-bond acceptors (Lipinski definition) is 5. The van der Waals surface area contributed by atoms with E-state index in [4.69, 9.17) is 10.2 Å². The molecule has 0 fully saturated rings. The number of H-pyrrole nitrogens is 1. The number of alkyl halides is 3. The molecule has 1 amide bonds. The van der Waals surface area contributed by atoms with Crippen molar-refractivity contribution in [3.63, 3.8) is 0 Å². The van der Waals surface area contributed by atoms with Gasteiger partial charge < -0.3 is 15.4 Å². The monoisotopic (exact) mass is 533 g/mol. The first-order valence-corrected chi connectivity index (χ1v) is 12.0. The van der Waals surface area contributed by atoms with Crippen molar-refractivity contribution in [3.8, 4) is 11.3 Å². The number of carbonyl (C=O) groups is 1. The zero-order valence-electron chi connectivity index (χ0n) is 20.8. The van der Waals surface area contributed by atoms with Crippen LogP contribution in [-0.4, -0.2) is 39.4 Å². The maximum atomic E-state index is 12.2. The summed E-state index contributed by atoms with van der Waals surface area (Å²) >= 11 is 0. The number of benzene rings is 2. The Labute approximate surface area is 223 Å². The lowest BCUT2D eigenvalue weighted by Crippen LogP contribution is -2.31. The van der Waals surface area contributed by atoms with Gasteiger partial charge in [0.25, 0.3) is 5.91 Å². The maximum absolute atomic E-state index is 12.2. The Morgan fingerprint density at radius 2 is 1.72 bits per heavy atom. The number of hydrazone groups is 1. The molecule has 5 rings (SSSR count). The highest BCUT2D eigenvalue weighted by atomic mass is 19.4. The highest BCUT2D eigenvalue weighted by Crippen LogP contribution is 2.25. The van der Waals surface area contributed by atoms with Crippen LogP contribution in [0.15, 0.2) is 102 Å². The van der Waals surface area contributed by atoms with Crippen LogP contribution in [0.3, 0.4) is 0 Å². The lowest BCUT2D eigenvalue weighted by molar-refractivity contribution is -0.119. The van der Waals surface area contributed by atoms with Crippen LogP contribution < -0.4 is 10.7 Å². The number of aliphatic hydroxyl groups is 1. The molecular formula is C29H26F3N5O2. The van der Waals surface area contributed by atoms with E-state index in [1.165, 1.54) is 0 Å². The van der Waals surface area contributed by atoms with E-state index in [-0.39, 0.29) is 5.91 Å². The molecule has 200 valence electrons. The van der Waals surface area contributed by atoms with Gasteiger partial charge in [0.1, 0.15) is 0 Å². The Hall–Kier alpha value is -4.86. The van der Waals surface area contributed by atoms with Crippen molar-refractivity contribution in [1.29, 1.82) is 0 Å². The molecule has 2 aromatic heterocycles. The van der Waals surface area contributed by atoms with Crippen molar-refractivity contribution in [2.75, 3.05) is 12.0 Å². The maximum Gasteiger partial charge on any atom is 0.448 e. The fraction of sp³-hybridized carbons (Fsp3) is 0.138. The minimum Gasteiger partial charge on any atom is -0.505 e. The number of aromatic amines is 1. The van der Waals surface area contributed by atoms with Crippen molar-refractivity contribution in [2.24, 2.45) is 5.10 Å². The Bertz CT molecular complexity index is 1470. The molecule has 3 heterocycles. The molecule has 0 saturated carbocycles. The number of nitrogens with zero attached hydrogens (tertiary/aromatic N) is 2. The standard InChI is InChI=1S/C26H23N5O.C3H3F3O/c32-26-21-17-23(29-22(21)12-14-28-26)19-11-13-27-24(16-19)25(15-18-7-3-1-4-8-18)31-30-20-9-5-2-6-10-20;1-2(7)3(4,5)6/h1-11,13,16-17,29-30H,12,14-15H2,(H,28,32);7H,1H2/b31-25-;. The first kappa shape index (κ1) is 27.2. The number of halogens is 3. The third kappa shape index (κ3) is 7.35. The number of rotatable bonds is 6. The number of allylic oxidation sites excluding steroid dienone is 1. The van der Waals surface area contributed by atoms with Crippen LogP contribution in [0.5, 0.6) is 0 Å². The molecule has 4 aromatic rings. The number of pyridine rings is 1. The van der Waals surface area contributed by atoms with Gasteiger partial charge in [-0.3, -0.25) is 15.2 Å². The van der Waals surface area contributed by atoms with Gasteiger partial charge in [-0.1, -0.05) is 55.1 Å². The Kier molecular flexibility index (Phi) is 8.45. The summed E-state index contributed by atoms with van der Waals surface area (Å²) in [6.45, 7) is 2.92. The predicted octanol–water partition coefficient (Wildman–Crippen LogP) is 6.04. The number of amides is 1. The number of nitrogens with one attached hydrogen (secondary N) is 3. The molecule has 39 heavy (non-hydrogen) atoms. The number of aromatic nitrogens is 2. The average molecular weight is 534 g/mol. The van der Waals surface area contributed by atoms with Gasteiger partial charge in [0.2, 0.25) is 0 Å². The third-order valence-corrected chi connectivity index (χ3v) is 5.81. The summed E-state index contributed by atoms with van der Waals surface area (Å²) in [5.74, 6) is -1.78. The predicted molar refractivity (Wildman–Crippen MR) is 145 cm³/mol. The Morgan fingerprint density at radius 1 is 1.05 bits per heavy atom. The molecule has 0 spiro atoms. The average Bonchev–Trinajstić information content (AvgIpc) is 3.38. The van der Waals surface area contributed by atoms with Crippen LogP contribution >= 0.6 is 0 Å². The second-order valence-electron chi connectivity index (χ2n) is 8.65. The molecule has 0 aliphatic carbocycles. The molecule has 7 nitrogen and oxygen atoms in total. The molecular weight excluding hydrogens is 507 g/mol. The van der Waals surface area contributed by atoms with Gasteiger partial charge in [0.05, 0.1) is 22.7 Å². The minimum absolute atomic E-state index is 0.0265. The van der Waals surface area contributed by atoms with E-state index in [1.54, 1.807) is 6.20 Å². The molecule has 2 aromatic carbocycles. The second kappa shape index (κ2) is 12.1. The molecule has 0 atom stereocenters. The normalized spacial score (nSPS) is 13.0. The molecule has 0 radical (unpaired) electrons. The lowest BCUT2D eigenvalue weighted by atomic mass is 10.0.